The van der Waals surface area contributed by atoms with E-state index >= 15 is 0 Å². The third-order valence-corrected chi connectivity index (χ3v) is 6.09. The number of methoxy groups -OCH3 is 1. The van der Waals surface area contributed by atoms with Crippen LogP contribution in [0.15, 0.2) is 42.5 Å². The van der Waals surface area contributed by atoms with Crippen molar-refractivity contribution < 1.29 is 27.8 Å². The van der Waals surface area contributed by atoms with E-state index in [1.807, 2.05) is 29.8 Å². The lowest BCUT2D eigenvalue weighted by Crippen LogP contribution is -2.31. The Morgan fingerprint density at radius 1 is 1.17 bits per heavy atom. The minimum atomic E-state index is -3.69. The average molecular weight is 418 g/mol. The minimum absolute atomic E-state index is 0.0962. The monoisotopic (exact) mass is 418 g/mol. The molecule has 0 saturated carbocycles. The van der Waals surface area contributed by atoms with Gasteiger partial charge in [-0.1, -0.05) is 12.1 Å². The van der Waals surface area contributed by atoms with Crippen molar-refractivity contribution in [2.75, 3.05) is 13.4 Å². The number of imidazole rings is 1. The number of hydrogen-bond donors (Lipinski definition) is 1. The SMILES string of the molecule is COc1ccc2nc(COc3ccc(CC(C(=O)O)S(C)(=O)=O)cc3)n(C)c2c1. The molecule has 9 heteroatoms. The van der Waals surface area contributed by atoms with E-state index < -0.39 is 21.1 Å². The molecule has 0 spiro atoms. The molecule has 0 fully saturated rings. The van der Waals surface area contributed by atoms with Gasteiger partial charge in [-0.3, -0.25) is 4.79 Å². The third kappa shape index (κ3) is 4.68. The fourth-order valence-corrected chi connectivity index (χ4v) is 3.84. The Morgan fingerprint density at radius 2 is 1.83 bits per heavy atom. The fourth-order valence-electron chi connectivity index (χ4n) is 2.98. The summed E-state index contributed by atoms with van der Waals surface area (Å²) in [6, 6.07) is 12.3. The minimum Gasteiger partial charge on any atom is -0.497 e. The van der Waals surface area contributed by atoms with Crippen molar-refractivity contribution in [3.63, 3.8) is 0 Å². The number of hydrogen-bond acceptors (Lipinski definition) is 6. The molecule has 3 aromatic rings. The molecule has 3 rings (SSSR count). The van der Waals surface area contributed by atoms with Crippen LogP contribution < -0.4 is 9.47 Å². The summed E-state index contributed by atoms with van der Waals surface area (Å²) in [6.07, 6.45) is 0.830. The molecular formula is C20H22N2O6S. The predicted molar refractivity (Wildman–Crippen MR) is 108 cm³/mol. The highest BCUT2D eigenvalue weighted by Crippen LogP contribution is 2.22. The molecule has 1 atom stereocenters. The molecule has 1 N–H and O–H groups in total. The van der Waals surface area contributed by atoms with E-state index in [0.29, 0.717) is 11.3 Å². The lowest BCUT2D eigenvalue weighted by atomic mass is 10.1. The van der Waals surface area contributed by atoms with Gasteiger partial charge >= 0.3 is 5.97 Å². The van der Waals surface area contributed by atoms with Gasteiger partial charge in [0.05, 0.1) is 18.1 Å². The standard InChI is InChI=1S/C20H22N2O6S/c1-22-17-11-15(27-2)8-9-16(17)21-19(22)12-28-14-6-4-13(5-7-14)10-18(20(23)24)29(3,25)26/h4-9,11,18H,10,12H2,1-3H3,(H,23,24). The predicted octanol–water partition coefficient (Wildman–Crippen LogP) is 2.20. The maximum absolute atomic E-state index is 11.6. The Bertz CT molecular complexity index is 1140. The average Bonchev–Trinajstić information content (AvgIpc) is 2.99. The van der Waals surface area contributed by atoms with Crippen molar-refractivity contribution in [2.45, 2.75) is 18.3 Å². The van der Waals surface area contributed by atoms with Crippen molar-refractivity contribution in [1.29, 1.82) is 0 Å². The van der Waals surface area contributed by atoms with Gasteiger partial charge in [0, 0.05) is 19.4 Å². The summed E-state index contributed by atoms with van der Waals surface area (Å²) in [5.74, 6) is 0.702. The van der Waals surface area contributed by atoms with Gasteiger partial charge in [0.2, 0.25) is 0 Å². The molecule has 0 saturated heterocycles. The molecule has 2 aromatic carbocycles. The highest BCUT2D eigenvalue weighted by atomic mass is 32.2. The molecule has 29 heavy (non-hydrogen) atoms. The van der Waals surface area contributed by atoms with E-state index in [9.17, 15) is 13.2 Å². The molecule has 0 amide bonds. The van der Waals surface area contributed by atoms with E-state index in [0.717, 1.165) is 28.9 Å². The fraction of sp³-hybridized carbons (Fsp3) is 0.300. The van der Waals surface area contributed by atoms with E-state index in [4.69, 9.17) is 14.6 Å². The number of nitrogens with zero attached hydrogens (tertiary/aromatic N) is 2. The van der Waals surface area contributed by atoms with Crippen LogP contribution in [0.4, 0.5) is 0 Å². The van der Waals surface area contributed by atoms with Crippen molar-refractivity contribution in [3.05, 3.63) is 53.9 Å². The number of carboxylic acids is 1. The van der Waals surface area contributed by atoms with Gasteiger partial charge in [-0.25, -0.2) is 13.4 Å². The summed E-state index contributed by atoms with van der Waals surface area (Å²) < 4.78 is 36.2. The Hall–Kier alpha value is -3.07. The number of fused-ring (bicyclic) bond motifs is 1. The number of benzene rings is 2. The Balaban J connectivity index is 1.70. The second-order valence-corrected chi connectivity index (χ2v) is 8.96. The molecule has 154 valence electrons. The summed E-state index contributed by atoms with van der Waals surface area (Å²) >= 11 is 0. The topological polar surface area (TPSA) is 108 Å². The molecule has 0 aliphatic carbocycles. The van der Waals surface area contributed by atoms with E-state index in [1.165, 1.54) is 0 Å². The summed E-state index contributed by atoms with van der Waals surface area (Å²) in [5, 5.41) is 7.67. The lowest BCUT2D eigenvalue weighted by Gasteiger charge is -2.11. The van der Waals surface area contributed by atoms with Crippen LogP contribution in [-0.2, 0) is 34.7 Å². The van der Waals surface area contributed by atoms with Gasteiger partial charge in [-0.05, 0) is 36.2 Å². The summed E-state index contributed by atoms with van der Waals surface area (Å²) in [4.78, 5) is 15.8. The zero-order chi connectivity index (χ0) is 21.2. The van der Waals surface area contributed by atoms with E-state index in [2.05, 4.69) is 4.98 Å². The molecule has 0 radical (unpaired) electrons. The highest BCUT2D eigenvalue weighted by Gasteiger charge is 2.28. The van der Waals surface area contributed by atoms with Gasteiger partial charge in [0.1, 0.15) is 23.9 Å². The summed E-state index contributed by atoms with van der Waals surface area (Å²) in [7, 11) is -0.185. The lowest BCUT2D eigenvalue weighted by molar-refractivity contribution is -0.136. The van der Waals surface area contributed by atoms with Gasteiger partial charge in [0.25, 0.3) is 0 Å². The maximum Gasteiger partial charge on any atom is 0.322 e. The number of aromatic nitrogens is 2. The number of aryl methyl sites for hydroxylation is 1. The van der Waals surface area contributed by atoms with Crippen LogP contribution in [0.2, 0.25) is 0 Å². The molecule has 0 aliphatic rings. The number of carboxylic acid groups (broad SMARTS) is 1. The summed E-state index contributed by atoms with van der Waals surface area (Å²) in [6.45, 7) is 0.244. The second kappa shape index (κ2) is 8.12. The van der Waals surface area contributed by atoms with Gasteiger partial charge in [-0.15, -0.1) is 0 Å². The number of sulfone groups is 1. The largest absolute Gasteiger partial charge is 0.497 e. The van der Waals surface area contributed by atoms with E-state index in [1.54, 1.807) is 31.4 Å². The molecule has 1 unspecified atom stereocenters. The third-order valence-electron chi connectivity index (χ3n) is 4.69. The Kier molecular flexibility index (Phi) is 5.78. The van der Waals surface area contributed by atoms with Crippen molar-refractivity contribution >= 4 is 26.8 Å². The molecule has 8 nitrogen and oxygen atoms in total. The normalized spacial score (nSPS) is 12.7. The van der Waals surface area contributed by atoms with Crippen LogP contribution in [0.1, 0.15) is 11.4 Å². The van der Waals surface area contributed by atoms with Gasteiger partial charge in [0.15, 0.2) is 15.1 Å². The molecule has 0 bridgehead atoms. The first-order valence-electron chi connectivity index (χ1n) is 8.82. The van der Waals surface area contributed by atoms with Crippen LogP contribution in [0.3, 0.4) is 0 Å². The van der Waals surface area contributed by atoms with Crippen molar-refractivity contribution in [3.8, 4) is 11.5 Å². The smallest absolute Gasteiger partial charge is 0.322 e. The van der Waals surface area contributed by atoms with Gasteiger partial charge < -0.3 is 19.1 Å². The van der Waals surface area contributed by atoms with Crippen LogP contribution in [0.25, 0.3) is 11.0 Å². The first kappa shape index (κ1) is 20.7. The molecule has 1 heterocycles. The van der Waals surface area contributed by atoms with Crippen molar-refractivity contribution in [2.24, 2.45) is 7.05 Å². The number of carbonyl (C=O) groups is 1. The molecule has 0 aliphatic heterocycles. The van der Waals surface area contributed by atoms with Crippen molar-refractivity contribution in [1.82, 2.24) is 9.55 Å². The second-order valence-electron chi connectivity index (χ2n) is 6.73. The molecular weight excluding hydrogens is 396 g/mol. The first-order valence-corrected chi connectivity index (χ1v) is 10.8. The van der Waals surface area contributed by atoms with Gasteiger partial charge in [-0.2, -0.15) is 0 Å². The van der Waals surface area contributed by atoms with E-state index in [-0.39, 0.29) is 13.0 Å². The maximum atomic E-state index is 11.6. The zero-order valence-electron chi connectivity index (χ0n) is 16.3. The summed E-state index contributed by atoms with van der Waals surface area (Å²) in [5.41, 5.74) is 2.37. The van der Waals surface area contributed by atoms with Crippen LogP contribution >= 0.6 is 0 Å². The zero-order valence-corrected chi connectivity index (χ0v) is 17.1. The van der Waals surface area contributed by atoms with Crippen LogP contribution in [0.5, 0.6) is 11.5 Å². The highest BCUT2D eigenvalue weighted by molar-refractivity contribution is 7.92. The first-order chi connectivity index (χ1) is 13.7. The van der Waals surface area contributed by atoms with Crippen LogP contribution in [-0.4, -0.2) is 47.7 Å². The number of rotatable bonds is 8. The molecule has 1 aromatic heterocycles. The number of aliphatic carboxylic acids is 1. The van der Waals surface area contributed by atoms with Crippen LogP contribution in [0, 0.1) is 0 Å². The quantitative estimate of drug-likeness (QED) is 0.597. The number of ether oxygens (including phenoxy) is 2. The Labute approximate surface area is 168 Å². The Morgan fingerprint density at radius 3 is 2.41 bits per heavy atom.